The molecule has 1 heterocycles. The molecule has 1 amide bonds. The topological polar surface area (TPSA) is 63.2 Å². The van der Waals surface area contributed by atoms with E-state index in [2.05, 4.69) is 15.6 Å². The summed E-state index contributed by atoms with van der Waals surface area (Å²) in [6.07, 6.45) is 2.58. The highest BCUT2D eigenvalue weighted by Gasteiger charge is 2.14. The molecule has 5 nitrogen and oxygen atoms in total. The number of halogens is 1. The molecule has 0 aliphatic carbocycles. The van der Waals surface area contributed by atoms with Crippen LogP contribution in [0.2, 0.25) is 5.02 Å². The number of carbonyl (C=O) groups is 1. The Morgan fingerprint density at radius 2 is 1.83 bits per heavy atom. The van der Waals surface area contributed by atoms with Crippen molar-refractivity contribution in [3.05, 3.63) is 83.1 Å². The number of anilines is 2. The summed E-state index contributed by atoms with van der Waals surface area (Å²) in [5.74, 6) is 0.228. The van der Waals surface area contributed by atoms with Crippen LogP contribution in [0.3, 0.4) is 0 Å². The Balaban J connectivity index is 1.59. The number of amides is 1. The zero-order valence-corrected chi connectivity index (χ0v) is 17.2. The van der Waals surface area contributed by atoms with Crippen molar-refractivity contribution in [3.63, 3.8) is 0 Å². The minimum atomic E-state index is -0.242. The van der Waals surface area contributed by atoms with Gasteiger partial charge >= 0.3 is 0 Å². The van der Waals surface area contributed by atoms with Gasteiger partial charge in [-0.15, -0.1) is 0 Å². The average Bonchev–Trinajstić information content (AvgIpc) is 2.70. The first-order valence-electron chi connectivity index (χ1n) is 9.52. The maximum atomic E-state index is 12.7. The van der Waals surface area contributed by atoms with E-state index in [0.29, 0.717) is 22.0 Å². The Labute approximate surface area is 176 Å². The molecule has 6 heteroatoms. The zero-order valence-electron chi connectivity index (χ0n) is 16.5. The molecule has 0 aliphatic heterocycles. The normalized spacial score (nSPS) is 10.6. The Morgan fingerprint density at radius 3 is 2.52 bits per heavy atom. The molecular formula is C23H24ClN3O2. The van der Waals surface area contributed by atoms with E-state index in [4.69, 9.17) is 16.3 Å². The first kappa shape index (κ1) is 20.7. The lowest BCUT2D eigenvalue weighted by molar-refractivity contribution is 0.102. The Morgan fingerprint density at radius 1 is 1.07 bits per heavy atom. The predicted octanol–water partition coefficient (Wildman–Crippen LogP) is 5.43. The van der Waals surface area contributed by atoms with Crippen LogP contribution in [0.25, 0.3) is 0 Å². The van der Waals surface area contributed by atoms with Crippen molar-refractivity contribution in [2.24, 2.45) is 0 Å². The number of nitrogens with zero attached hydrogens (tertiary/aromatic N) is 1. The maximum absolute atomic E-state index is 12.7. The molecule has 150 valence electrons. The highest BCUT2D eigenvalue weighted by Crippen LogP contribution is 2.26. The monoisotopic (exact) mass is 409 g/mol. The van der Waals surface area contributed by atoms with E-state index in [-0.39, 0.29) is 12.0 Å². The lowest BCUT2D eigenvalue weighted by atomic mass is 10.1. The lowest BCUT2D eigenvalue weighted by Crippen LogP contribution is -2.15. The first-order chi connectivity index (χ1) is 14.0. The molecule has 0 atom stereocenters. The summed E-state index contributed by atoms with van der Waals surface area (Å²) in [5.41, 5.74) is 3.18. The third-order valence-corrected chi connectivity index (χ3v) is 4.37. The van der Waals surface area contributed by atoms with Gasteiger partial charge in [0, 0.05) is 41.3 Å². The smallest absolute Gasteiger partial charge is 0.259 e. The molecule has 1 aromatic heterocycles. The van der Waals surface area contributed by atoms with Crippen molar-refractivity contribution in [2.75, 3.05) is 17.2 Å². The summed E-state index contributed by atoms with van der Waals surface area (Å²) in [7, 11) is 0. The molecule has 0 saturated heterocycles. The molecule has 0 fully saturated rings. The number of benzene rings is 2. The summed E-state index contributed by atoms with van der Waals surface area (Å²) >= 11 is 6.04. The van der Waals surface area contributed by atoms with Gasteiger partial charge in [0.1, 0.15) is 5.75 Å². The largest absolute Gasteiger partial charge is 0.490 e. The van der Waals surface area contributed by atoms with E-state index < -0.39 is 0 Å². The van der Waals surface area contributed by atoms with E-state index in [1.54, 1.807) is 24.4 Å². The number of pyridine rings is 1. The van der Waals surface area contributed by atoms with Crippen molar-refractivity contribution >= 4 is 28.9 Å². The summed E-state index contributed by atoms with van der Waals surface area (Å²) in [4.78, 5) is 17.0. The second-order valence-corrected chi connectivity index (χ2v) is 7.27. The number of rotatable bonds is 8. The fourth-order valence-electron chi connectivity index (χ4n) is 2.79. The molecule has 0 radical (unpaired) electrons. The van der Waals surface area contributed by atoms with Gasteiger partial charge in [-0.1, -0.05) is 17.7 Å². The number of ether oxygens (including phenoxy) is 1. The molecule has 0 aliphatic rings. The van der Waals surface area contributed by atoms with Crippen LogP contribution < -0.4 is 15.4 Å². The van der Waals surface area contributed by atoms with Gasteiger partial charge in [-0.2, -0.15) is 0 Å². The van der Waals surface area contributed by atoms with Gasteiger partial charge < -0.3 is 15.4 Å². The number of carbonyl (C=O) groups excluding carboxylic acids is 1. The second-order valence-electron chi connectivity index (χ2n) is 6.84. The molecule has 29 heavy (non-hydrogen) atoms. The van der Waals surface area contributed by atoms with Gasteiger partial charge in [0.2, 0.25) is 0 Å². The number of nitrogens with one attached hydrogen (secondary N) is 2. The molecule has 0 unspecified atom stereocenters. The van der Waals surface area contributed by atoms with Crippen LogP contribution >= 0.6 is 11.6 Å². The van der Waals surface area contributed by atoms with Gasteiger partial charge in [0.25, 0.3) is 5.91 Å². The minimum Gasteiger partial charge on any atom is -0.490 e. The second kappa shape index (κ2) is 9.94. The Hall–Kier alpha value is -3.05. The van der Waals surface area contributed by atoms with E-state index >= 15 is 0 Å². The molecular weight excluding hydrogens is 386 g/mol. The summed E-state index contributed by atoms with van der Waals surface area (Å²) in [6, 6.07) is 18.5. The van der Waals surface area contributed by atoms with E-state index in [0.717, 1.165) is 24.3 Å². The molecule has 0 saturated carbocycles. The first-order valence-corrected chi connectivity index (χ1v) is 9.90. The van der Waals surface area contributed by atoms with Gasteiger partial charge in [-0.3, -0.25) is 9.78 Å². The highest BCUT2D eigenvalue weighted by atomic mass is 35.5. The van der Waals surface area contributed by atoms with E-state index in [1.807, 2.05) is 56.3 Å². The minimum absolute atomic E-state index is 0.0588. The standard InChI is InChI=1S/C23H24ClN3O2/c1-16(2)29-22-15-17(24)6-11-21(22)23(28)27-20-9-7-19(8-10-20)26-14-12-18-5-3-4-13-25-18/h3-11,13,15-16,26H,12,14H2,1-2H3,(H,27,28). The van der Waals surface area contributed by atoms with Gasteiger partial charge in [0.05, 0.1) is 11.7 Å². The molecule has 3 rings (SSSR count). The third kappa shape index (κ3) is 6.22. The number of hydrogen-bond donors (Lipinski definition) is 2. The van der Waals surface area contributed by atoms with Crippen molar-refractivity contribution < 1.29 is 9.53 Å². The van der Waals surface area contributed by atoms with E-state index in [9.17, 15) is 4.79 Å². The fraction of sp³-hybridized carbons (Fsp3) is 0.217. The number of aromatic nitrogens is 1. The summed E-state index contributed by atoms with van der Waals surface area (Å²) in [5, 5.41) is 6.78. The highest BCUT2D eigenvalue weighted by molar-refractivity contribution is 6.31. The number of hydrogen-bond acceptors (Lipinski definition) is 4. The molecule has 3 aromatic rings. The van der Waals surface area contributed by atoms with Gasteiger partial charge in [0.15, 0.2) is 0 Å². The van der Waals surface area contributed by atoms with Crippen molar-refractivity contribution in [3.8, 4) is 5.75 Å². The van der Waals surface area contributed by atoms with Crippen LogP contribution in [0, 0.1) is 0 Å². The third-order valence-electron chi connectivity index (χ3n) is 4.13. The van der Waals surface area contributed by atoms with Crippen LogP contribution in [0.15, 0.2) is 66.9 Å². The SMILES string of the molecule is CC(C)Oc1cc(Cl)ccc1C(=O)Nc1ccc(NCCc2ccccn2)cc1. The molecule has 0 spiro atoms. The van der Waals surface area contributed by atoms with Crippen LogP contribution in [-0.4, -0.2) is 23.5 Å². The summed E-state index contributed by atoms with van der Waals surface area (Å²) in [6.45, 7) is 4.59. The maximum Gasteiger partial charge on any atom is 0.259 e. The van der Waals surface area contributed by atoms with Crippen molar-refractivity contribution in [1.29, 1.82) is 0 Å². The van der Waals surface area contributed by atoms with Gasteiger partial charge in [-0.25, -0.2) is 0 Å². The quantitative estimate of drug-likeness (QED) is 0.520. The van der Waals surface area contributed by atoms with Crippen molar-refractivity contribution in [2.45, 2.75) is 26.4 Å². The molecule has 2 N–H and O–H groups in total. The molecule has 2 aromatic carbocycles. The van der Waals surface area contributed by atoms with Crippen LogP contribution in [-0.2, 0) is 6.42 Å². The van der Waals surface area contributed by atoms with Gasteiger partial charge in [-0.05, 0) is 68.4 Å². The Kier molecular flexibility index (Phi) is 7.09. The van der Waals surface area contributed by atoms with Crippen LogP contribution in [0.1, 0.15) is 29.9 Å². The lowest BCUT2D eigenvalue weighted by Gasteiger charge is -2.15. The molecule has 0 bridgehead atoms. The van der Waals surface area contributed by atoms with Crippen LogP contribution in [0.4, 0.5) is 11.4 Å². The van der Waals surface area contributed by atoms with E-state index in [1.165, 1.54) is 0 Å². The predicted molar refractivity (Wildman–Crippen MR) is 118 cm³/mol. The fourth-order valence-corrected chi connectivity index (χ4v) is 2.95. The van der Waals surface area contributed by atoms with Crippen molar-refractivity contribution in [1.82, 2.24) is 4.98 Å². The average molecular weight is 410 g/mol. The van der Waals surface area contributed by atoms with Crippen LogP contribution in [0.5, 0.6) is 5.75 Å². The summed E-state index contributed by atoms with van der Waals surface area (Å²) < 4.78 is 5.72. The zero-order chi connectivity index (χ0) is 20.6. The Bertz CT molecular complexity index is 944.